The number of carboxylic acids is 1. The molecule has 6 aromatic rings. The lowest BCUT2D eigenvalue weighted by atomic mass is 9.72. The van der Waals surface area contributed by atoms with Gasteiger partial charge in [-0.15, -0.1) is 0 Å². The van der Waals surface area contributed by atoms with Crippen molar-refractivity contribution in [3.63, 3.8) is 0 Å². The second-order valence-electron chi connectivity index (χ2n) is 15.5. The van der Waals surface area contributed by atoms with Crippen LogP contribution in [0.15, 0.2) is 121 Å². The van der Waals surface area contributed by atoms with Crippen molar-refractivity contribution in [2.75, 3.05) is 28.3 Å². The monoisotopic (exact) mass is 1020 g/mol. The van der Waals surface area contributed by atoms with Crippen LogP contribution >= 0.6 is 0 Å². The predicted octanol–water partition coefficient (Wildman–Crippen LogP) is 10.8. The molecule has 0 aliphatic carbocycles. The number of halogens is 12. The second-order valence-corrected chi connectivity index (χ2v) is 15.5. The Kier molecular flexibility index (Phi) is 13.9. The minimum atomic E-state index is -6.35. The van der Waals surface area contributed by atoms with Crippen molar-refractivity contribution in [1.29, 1.82) is 0 Å². The van der Waals surface area contributed by atoms with Crippen molar-refractivity contribution in [2.24, 2.45) is 0 Å². The third kappa shape index (κ3) is 9.38. The Morgan fingerprint density at radius 2 is 0.694 bits per heavy atom. The molecule has 25 heteroatoms. The number of rotatable bonds is 12. The number of amides is 3. The molecular formula is C47H32F12N4O9. The fourth-order valence-corrected chi connectivity index (χ4v) is 7.79. The molecule has 0 aliphatic rings. The van der Waals surface area contributed by atoms with Gasteiger partial charge in [0.25, 0.3) is 17.7 Å². The van der Waals surface area contributed by atoms with Gasteiger partial charge < -0.3 is 46.8 Å². The normalized spacial score (nSPS) is 12.5. The van der Waals surface area contributed by atoms with E-state index in [2.05, 4.69) is 5.32 Å². The van der Waals surface area contributed by atoms with Gasteiger partial charge in [0.15, 0.2) is 0 Å². The average molecular weight is 1020 g/mol. The number of hydrogen-bond acceptors (Lipinski definition) is 9. The first-order valence-corrected chi connectivity index (χ1v) is 20.1. The second kappa shape index (κ2) is 18.9. The quantitative estimate of drug-likeness (QED) is 0.0417. The van der Waals surface area contributed by atoms with Gasteiger partial charge in [-0.1, -0.05) is 42.5 Å². The molecule has 9 N–H and O–H groups in total. The van der Waals surface area contributed by atoms with E-state index in [1.165, 1.54) is 12.1 Å². The van der Waals surface area contributed by atoms with E-state index in [0.29, 0.717) is 42.5 Å². The smallest absolute Gasteiger partial charge is 0.411 e. The van der Waals surface area contributed by atoms with E-state index in [9.17, 15) is 71.1 Å². The predicted molar refractivity (Wildman–Crippen MR) is 231 cm³/mol. The Bertz CT molecular complexity index is 3090. The Morgan fingerprint density at radius 1 is 0.389 bits per heavy atom. The van der Waals surface area contributed by atoms with Crippen molar-refractivity contribution in [2.45, 2.75) is 35.5 Å². The summed E-state index contributed by atoms with van der Waals surface area (Å²) in [6.07, 6.45) is -25.0. The number of aromatic carboxylic acids is 1. The highest BCUT2D eigenvalue weighted by atomic mass is 19.4. The van der Waals surface area contributed by atoms with Gasteiger partial charge in [-0.25, -0.2) is 4.79 Å². The summed E-state index contributed by atoms with van der Waals surface area (Å²) < 4.78 is 181. The molecule has 72 heavy (non-hydrogen) atoms. The first-order valence-electron chi connectivity index (χ1n) is 20.1. The molecule has 0 saturated heterocycles. The van der Waals surface area contributed by atoms with Crippen LogP contribution in [0.2, 0.25) is 0 Å². The number of nitrogens with one attached hydrogen (secondary N) is 4. The van der Waals surface area contributed by atoms with Crippen LogP contribution in [0.3, 0.4) is 0 Å². The summed E-state index contributed by atoms with van der Waals surface area (Å²) in [5.74, 6) is -9.77. The van der Waals surface area contributed by atoms with Crippen LogP contribution < -0.4 is 21.3 Å². The third-order valence-corrected chi connectivity index (χ3v) is 11.2. The van der Waals surface area contributed by atoms with Crippen LogP contribution in [0.4, 0.5) is 75.4 Å². The lowest BCUT2D eigenvalue weighted by Gasteiger charge is -2.38. The summed E-state index contributed by atoms with van der Waals surface area (Å²) in [7, 11) is 1.10. The number of carbonyl (C=O) groups excluding carboxylic acids is 3. The maximum Gasteiger partial charge on any atom is 0.411 e. The first-order chi connectivity index (χ1) is 33.4. The summed E-state index contributed by atoms with van der Waals surface area (Å²) in [4.78, 5) is 51.7. The molecule has 0 atom stereocenters. The van der Waals surface area contributed by atoms with Gasteiger partial charge in [0.1, 0.15) is 23.0 Å². The molecule has 13 nitrogen and oxygen atoms in total. The van der Waals surface area contributed by atoms with Crippen LogP contribution in [0.25, 0.3) is 0 Å². The van der Waals surface area contributed by atoms with Crippen molar-refractivity contribution in [3.8, 4) is 23.0 Å². The molecule has 0 aliphatic heterocycles. The number of carbonyl (C=O) groups is 4. The summed E-state index contributed by atoms with van der Waals surface area (Å²) in [5, 5.41) is 59.0. The maximum atomic E-state index is 15.3. The van der Waals surface area contributed by atoms with E-state index in [1.807, 2.05) is 16.0 Å². The van der Waals surface area contributed by atoms with Gasteiger partial charge in [-0.05, 0) is 101 Å². The molecule has 3 amide bonds. The fourth-order valence-electron chi connectivity index (χ4n) is 7.79. The molecule has 0 spiro atoms. The molecule has 0 bridgehead atoms. The van der Waals surface area contributed by atoms with Gasteiger partial charge >= 0.3 is 30.7 Å². The summed E-state index contributed by atoms with van der Waals surface area (Å²) in [6.45, 7) is 0. The Morgan fingerprint density at radius 3 is 1.01 bits per heavy atom. The van der Waals surface area contributed by atoms with E-state index in [1.54, 1.807) is 0 Å². The number of phenols is 4. The number of carboxylic acid groups (broad SMARTS) is 1. The van der Waals surface area contributed by atoms with E-state index >= 15 is 26.3 Å². The standard InChI is InChI=1S/C47H32F12N4O9/c1-60-30-18-24(9-13-34(30)64)42(44(48,49)50,45(51,52)53)25-10-14-35(65)31(19-25)61-38(68)22-5-4-6-23(17-22)39(69)62-32-20-26(11-15-36(32)66)43(46(54,55)56,47(57,58)59)27-12-16-37(67)33(21-27)63-40(70)28-7-2-3-8-29(28)41(71)72/h2-21,60,64-67H,1H3,(H,61,68)(H,62,69)(H,63,70)(H,71,72). The SMILES string of the molecule is CNc1cc(C(c2ccc(O)c(NC(=O)c3cccc(C(=O)Nc4cc(C(c5ccc(O)c(NC(=O)c6ccccc6C(=O)O)c5)(C(F)(F)F)C(F)(F)F)ccc4O)c3)c2)(C(F)(F)F)C(F)(F)F)ccc1O. The third-order valence-electron chi connectivity index (χ3n) is 11.2. The summed E-state index contributed by atoms with van der Waals surface area (Å²) in [5.41, 5.74) is -22.5. The molecule has 0 aromatic heterocycles. The van der Waals surface area contributed by atoms with Crippen LogP contribution in [0, 0.1) is 0 Å². The molecule has 0 saturated carbocycles. The van der Waals surface area contributed by atoms with Crippen LogP contribution in [0.5, 0.6) is 23.0 Å². The number of hydrogen-bond donors (Lipinski definition) is 9. The number of anilines is 4. The maximum absolute atomic E-state index is 15.3. The molecule has 6 aromatic carbocycles. The largest absolute Gasteiger partial charge is 0.506 e. The average Bonchev–Trinajstić information content (AvgIpc) is 3.28. The zero-order valence-electron chi connectivity index (χ0n) is 36.0. The number of phenolic OH excluding ortho intramolecular Hbond substituents is 4. The minimum Gasteiger partial charge on any atom is -0.506 e. The van der Waals surface area contributed by atoms with Crippen LogP contribution in [-0.4, -0.2) is 81.0 Å². The Labute approximate surface area is 396 Å². The van der Waals surface area contributed by atoms with E-state index < -0.39 is 149 Å². The van der Waals surface area contributed by atoms with Crippen molar-refractivity contribution in [3.05, 3.63) is 166 Å². The molecular weight excluding hydrogens is 993 g/mol. The highest BCUT2D eigenvalue weighted by Crippen LogP contribution is 2.59. The molecule has 378 valence electrons. The molecule has 0 radical (unpaired) electrons. The number of aromatic hydroxyl groups is 4. The lowest BCUT2D eigenvalue weighted by molar-refractivity contribution is -0.290. The zero-order chi connectivity index (χ0) is 53.5. The van der Waals surface area contributed by atoms with E-state index in [0.717, 1.165) is 37.4 Å². The minimum absolute atomic E-state index is 0.0917. The van der Waals surface area contributed by atoms with Gasteiger partial charge in [0, 0.05) is 18.2 Å². The number of benzene rings is 6. The summed E-state index contributed by atoms with van der Waals surface area (Å²) in [6, 6.07) is 11.4. The molecule has 0 heterocycles. The summed E-state index contributed by atoms with van der Waals surface area (Å²) >= 11 is 0. The molecule has 0 unspecified atom stereocenters. The fraction of sp³-hybridized carbons (Fsp3) is 0.149. The van der Waals surface area contributed by atoms with Crippen molar-refractivity contribution < 1.29 is 97.4 Å². The van der Waals surface area contributed by atoms with Gasteiger partial charge in [-0.2, -0.15) is 52.7 Å². The van der Waals surface area contributed by atoms with Crippen LogP contribution in [0.1, 0.15) is 63.7 Å². The first kappa shape index (κ1) is 52.7. The van der Waals surface area contributed by atoms with Gasteiger partial charge in [-0.3, -0.25) is 14.4 Å². The molecule has 6 rings (SSSR count). The Balaban J connectivity index is 1.34. The van der Waals surface area contributed by atoms with Gasteiger partial charge in [0.05, 0.1) is 33.9 Å². The Hall–Kier alpha value is -8.64. The van der Waals surface area contributed by atoms with Crippen LogP contribution in [-0.2, 0) is 10.8 Å². The number of alkyl halides is 12. The topological polar surface area (TPSA) is 218 Å². The van der Waals surface area contributed by atoms with E-state index in [4.69, 9.17) is 0 Å². The highest BCUT2D eigenvalue weighted by Gasteiger charge is 2.74. The molecule has 0 fully saturated rings. The van der Waals surface area contributed by atoms with E-state index in [-0.39, 0.29) is 36.4 Å². The van der Waals surface area contributed by atoms with Gasteiger partial charge in [0.2, 0.25) is 10.8 Å². The zero-order valence-corrected chi connectivity index (χ0v) is 36.0. The lowest BCUT2D eigenvalue weighted by Crippen LogP contribution is -2.54. The van der Waals surface area contributed by atoms with Crippen molar-refractivity contribution >= 4 is 46.4 Å². The highest BCUT2D eigenvalue weighted by molar-refractivity contribution is 6.11. The van der Waals surface area contributed by atoms with Crippen molar-refractivity contribution in [1.82, 2.24) is 0 Å².